The fourth-order valence-corrected chi connectivity index (χ4v) is 4.61. The monoisotopic (exact) mass is 526 g/mol. The molecular formula is C35H25BF2O2. The van der Waals surface area contributed by atoms with Gasteiger partial charge in [0.1, 0.15) is 5.76 Å². The molecule has 0 atom stereocenters. The molecule has 194 valence electrons. The molecule has 5 heteroatoms. The zero-order chi connectivity index (χ0) is 27.7. The fourth-order valence-electron chi connectivity index (χ4n) is 4.61. The first kappa shape index (κ1) is 26.6. The Labute approximate surface area is 233 Å². The maximum absolute atomic E-state index is 13.4. The number of benzene rings is 5. The van der Waals surface area contributed by atoms with Gasteiger partial charge in [0, 0.05) is 17.2 Å². The molecule has 0 unspecified atom stereocenters. The molecule has 0 aliphatic rings. The second-order valence-electron chi connectivity index (χ2n) is 9.04. The van der Waals surface area contributed by atoms with Crippen LogP contribution >= 0.6 is 0 Å². The lowest BCUT2D eigenvalue weighted by Crippen LogP contribution is -2.07. The van der Waals surface area contributed by atoms with Gasteiger partial charge in [0.15, 0.2) is 5.78 Å². The zero-order valence-corrected chi connectivity index (χ0v) is 21.6. The molecule has 0 aliphatic carbocycles. The summed E-state index contributed by atoms with van der Waals surface area (Å²) in [6.45, 7) is 0. The maximum atomic E-state index is 13.4. The standard InChI is InChI=1S/C35H25BF2O2/c37-36(38)40-33(25-32(39)26-13-5-1-6-14-26)27-21-23-31(24-22-27)35(30-19-11-4-12-20-30)34(28-15-7-2-8-16-28)29-17-9-3-10-18-29/h1-25H/b33-25-. The van der Waals surface area contributed by atoms with Gasteiger partial charge in [0.05, 0.1) is 0 Å². The van der Waals surface area contributed by atoms with Gasteiger partial charge in [-0.1, -0.05) is 146 Å². The number of ketones is 1. The molecule has 0 saturated carbocycles. The lowest BCUT2D eigenvalue weighted by atomic mass is 9.85. The van der Waals surface area contributed by atoms with Gasteiger partial charge in [-0.25, -0.2) is 8.63 Å². The molecule has 0 aliphatic heterocycles. The number of carbonyl (C=O) groups excluding carboxylic acids is 1. The summed E-state index contributed by atoms with van der Waals surface area (Å²) in [5.74, 6) is -0.604. The van der Waals surface area contributed by atoms with Gasteiger partial charge >= 0.3 is 7.47 Å². The molecule has 0 fully saturated rings. The van der Waals surface area contributed by atoms with Gasteiger partial charge in [0.2, 0.25) is 0 Å². The number of halogens is 2. The number of allylic oxidation sites excluding steroid dienone is 1. The van der Waals surface area contributed by atoms with Crippen LogP contribution in [0.3, 0.4) is 0 Å². The normalized spacial score (nSPS) is 11.0. The fraction of sp³-hybridized carbons (Fsp3) is 0. The summed E-state index contributed by atoms with van der Waals surface area (Å²) in [5.41, 5.74) is 6.80. The highest BCUT2D eigenvalue weighted by molar-refractivity contribution is 6.36. The van der Waals surface area contributed by atoms with Crippen LogP contribution in [-0.4, -0.2) is 13.3 Å². The van der Waals surface area contributed by atoms with Crippen LogP contribution in [0.1, 0.15) is 38.2 Å². The van der Waals surface area contributed by atoms with E-state index in [-0.39, 0.29) is 5.76 Å². The molecule has 5 aromatic carbocycles. The summed E-state index contributed by atoms with van der Waals surface area (Å²) in [4.78, 5) is 12.8. The molecule has 0 aromatic heterocycles. The third-order valence-electron chi connectivity index (χ3n) is 6.43. The topological polar surface area (TPSA) is 26.3 Å². The third-order valence-corrected chi connectivity index (χ3v) is 6.43. The van der Waals surface area contributed by atoms with Crippen molar-refractivity contribution >= 4 is 30.2 Å². The third kappa shape index (κ3) is 6.33. The Bertz CT molecular complexity index is 1570. The minimum Gasteiger partial charge on any atom is -0.505 e. The van der Waals surface area contributed by atoms with E-state index in [1.165, 1.54) is 0 Å². The summed E-state index contributed by atoms with van der Waals surface area (Å²) >= 11 is 0. The van der Waals surface area contributed by atoms with Gasteiger partial charge < -0.3 is 4.65 Å². The first-order valence-corrected chi connectivity index (χ1v) is 12.9. The molecular weight excluding hydrogens is 501 g/mol. The lowest BCUT2D eigenvalue weighted by molar-refractivity contribution is 0.104. The predicted octanol–water partition coefficient (Wildman–Crippen LogP) is 8.86. The SMILES string of the molecule is O=C(/C=C(\OB(F)F)c1ccc(C(=C(c2ccccc2)c2ccccc2)c2ccccc2)cc1)c1ccccc1. The second kappa shape index (κ2) is 12.7. The van der Waals surface area contributed by atoms with Crippen LogP contribution in [0, 0.1) is 0 Å². The van der Waals surface area contributed by atoms with Crippen molar-refractivity contribution < 1.29 is 18.1 Å². The van der Waals surface area contributed by atoms with Crippen LogP contribution < -0.4 is 0 Å². The van der Waals surface area contributed by atoms with Gasteiger partial charge in [-0.05, 0) is 33.4 Å². The molecule has 0 amide bonds. The minimum absolute atomic E-state index is 0.188. The van der Waals surface area contributed by atoms with Crippen molar-refractivity contribution in [3.05, 3.63) is 185 Å². The molecule has 40 heavy (non-hydrogen) atoms. The number of hydrogen-bond donors (Lipinski definition) is 0. The van der Waals surface area contributed by atoms with Gasteiger partial charge in [-0.15, -0.1) is 0 Å². The Balaban J connectivity index is 1.65. The van der Waals surface area contributed by atoms with Crippen molar-refractivity contribution in [2.75, 3.05) is 0 Å². The second-order valence-corrected chi connectivity index (χ2v) is 9.04. The number of rotatable bonds is 9. The first-order chi connectivity index (χ1) is 19.6. The molecule has 0 spiro atoms. The molecule has 0 bridgehead atoms. The predicted molar refractivity (Wildman–Crippen MR) is 159 cm³/mol. The molecule has 5 aromatic rings. The molecule has 0 radical (unpaired) electrons. The molecule has 5 rings (SSSR count). The lowest BCUT2D eigenvalue weighted by Gasteiger charge is -2.18. The van der Waals surface area contributed by atoms with Crippen molar-refractivity contribution in [3.63, 3.8) is 0 Å². The Morgan fingerprint density at radius 2 is 0.800 bits per heavy atom. The highest BCUT2D eigenvalue weighted by Gasteiger charge is 2.22. The highest BCUT2D eigenvalue weighted by atomic mass is 19.2. The summed E-state index contributed by atoms with van der Waals surface area (Å²) in [6.07, 6.45) is 1.11. The van der Waals surface area contributed by atoms with E-state index in [1.807, 2.05) is 66.7 Å². The highest BCUT2D eigenvalue weighted by Crippen LogP contribution is 2.37. The van der Waals surface area contributed by atoms with E-state index in [0.717, 1.165) is 39.5 Å². The van der Waals surface area contributed by atoms with E-state index in [4.69, 9.17) is 4.65 Å². The Morgan fingerprint density at radius 1 is 0.475 bits per heavy atom. The summed E-state index contributed by atoms with van der Waals surface area (Å²) in [7, 11) is -3.07. The molecule has 0 heterocycles. The molecule has 2 nitrogen and oxygen atoms in total. The van der Waals surface area contributed by atoms with Crippen molar-refractivity contribution in [3.8, 4) is 0 Å². The Morgan fingerprint density at radius 3 is 1.18 bits per heavy atom. The largest absolute Gasteiger partial charge is 0.796 e. The van der Waals surface area contributed by atoms with E-state index in [9.17, 15) is 13.4 Å². The summed E-state index contributed by atoms with van der Waals surface area (Å²) in [6, 6.07) is 46.0. The van der Waals surface area contributed by atoms with E-state index >= 15 is 0 Å². The van der Waals surface area contributed by atoms with Crippen LogP contribution in [0.25, 0.3) is 16.9 Å². The van der Waals surface area contributed by atoms with Gasteiger partial charge in [-0.2, -0.15) is 0 Å². The summed E-state index contributed by atoms with van der Waals surface area (Å²) in [5, 5.41) is 0. The molecule has 0 saturated heterocycles. The number of carbonyl (C=O) groups is 1. The number of hydrogen-bond acceptors (Lipinski definition) is 2. The molecule has 0 N–H and O–H groups in total. The average Bonchev–Trinajstić information content (AvgIpc) is 3.01. The smallest absolute Gasteiger partial charge is 0.505 e. The van der Waals surface area contributed by atoms with Crippen LogP contribution in [0.15, 0.2) is 152 Å². The quantitative estimate of drug-likeness (QED) is 0.0631. The van der Waals surface area contributed by atoms with Crippen molar-refractivity contribution in [1.82, 2.24) is 0 Å². The minimum atomic E-state index is -3.07. The zero-order valence-electron chi connectivity index (χ0n) is 21.6. The van der Waals surface area contributed by atoms with E-state index in [2.05, 4.69) is 36.4 Å². The van der Waals surface area contributed by atoms with Gasteiger partial charge in [-0.3, -0.25) is 4.79 Å². The maximum Gasteiger partial charge on any atom is 0.796 e. The average molecular weight is 526 g/mol. The van der Waals surface area contributed by atoms with Gasteiger partial charge in [0.25, 0.3) is 0 Å². The first-order valence-electron chi connectivity index (χ1n) is 12.9. The van der Waals surface area contributed by atoms with Crippen LogP contribution in [0.4, 0.5) is 8.63 Å². The van der Waals surface area contributed by atoms with Crippen molar-refractivity contribution in [1.29, 1.82) is 0 Å². The Hall–Kier alpha value is -5.03. The van der Waals surface area contributed by atoms with Crippen molar-refractivity contribution in [2.45, 2.75) is 0 Å². The summed E-state index contributed by atoms with van der Waals surface area (Å²) < 4.78 is 31.5. The van der Waals surface area contributed by atoms with E-state index < -0.39 is 13.3 Å². The van der Waals surface area contributed by atoms with Crippen LogP contribution in [-0.2, 0) is 4.65 Å². The van der Waals surface area contributed by atoms with E-state index in [0.29, 0.717) is 11.1 Å². The van der Waals surface area contributed by atoms with Crippen LogP contribution in [0.5, 0.6) is 0 Å². The van der Waals surface area contributed by atoms with Crippen molar-refractivity contribution in [2.24, 2.45) is 0 Å². The van der Waals surface area contributed by atoms with Crippen LogP contribution in [0.2, 0.25) is 0 Å². The van der Waals surface area contributed by atoms with E-state index in [1.54, 1.807) is 42.5 Å². The Kier molecular flexibility index (Phi) is 8.43.